The molecular formula is C21H32BrN3O3. The minimum absolute atomic E-state index is 0.00492. The number of nitrogens with one attached hydrogen (secondary N) is 1. The van der Waals surface area contributed by atoms with Gasteiger partial charge in [-0.05, 0) is 30.0 Å². The first-order chi connectivity index (χ1) is 13.5. The fraction of sp³-hybridized carbons (Fsp3) is 0.667. The maximum Gasteiger partial charge on any atom is 0.317 e. The van der Waals surface area contributed by atoms with Gasteiger partial charge in [-0.3, -0.25) is 4.90 Å². The number of halogens is 1. The highest BCUT2D eigenvalue weighted by Gasteiger charge is 2.27. The summed E-state index contributed by atoms with van der Waals surface area (Å²) in [6.07, 6.45) is 0.993. The van der Waals surface area contributed by atoms with Crippen LogP contribution in [-0.2, 0) is 9.47 Å². The van der Waals surface area contributed by atoms with Crippen molar-refractivity contribution in [3.63, 3.8) is 0 Å². The summed E-state index contributed by atoms with van der Waals surface area (Å²) < 4.78 is 12.4. The zero-order valence-corrected chi connectivity index (χ0v) is 18.5. The summed E-state index contributed by atoms with van der Waals surface area (Å²) in [4.78, 5) is 17.1. The van der Waals surface area contributed by atoms with Crippen molar-refractivity contribution in [1.29, 1.82) is 0 Å². The molecule has 1 aromatic carbocycles. The van der Waals surface area contributed by atoms with E-state index in [-0.39, 0.29) is 12.1 Å². The van der Waals surface area contributed by atoms with E-state index >= 15 is 0 Å². The predicted molar refractivity (Wildman–Crippen MR) is 113 cm³/mol. The Morgan fingerprint density at radius 1 is 1.25 bits per heavy atom. The summed E-state index contributed by atoms with van der Waals surface area (Å²) in [5, 5.41) is 3.18. The lowest BCUT2D eigenvalue weighted by molar-refractivity contribution is -0.0163. The molecule has 28 heavy (non-hydrogen) atoms. The van der Waals surface area contributed by atoms with Crippen LogP contribution in [0.2, 0.25) is 0 Å². The summed E-state index contributed by atoms with van der Waals surface area (Å²) in [6.45, 7) is 10.3. The second-order valence-corrected chi connectivity index (χ2v) is 8.89. The van der Waals surface area contributed by atoms with Crippen molar-refractivity contribution in [3.05, 3.63) is 34.3 Å². The van der Waals surface area contributed by atoms with Gasteiger partial charge in [0.05, 0.1) is 26.4 Å². The molecular weight excluding hydrogens is 422 g/mol. The highest BCUT2D eigenvalue weighted by atomic mass is 79.9. The Labute approximate surface area is 176 Å². The summed E-state index contributed by atoms with van der Waals surface area (Å²) >= 11 is 3.51. The molecule has 1 N–H and O–H groups in total. The minimum atomic E-state index is -0.0808. The molecule has 7 heteroatoms. The quantitative estimate of drug-likeness (QED) is 0.717. The molecule has 3 rings (SSSR count). The van der Waals surface area contributed by atoms with E-state index < -0.39 is 0 Å². The van der Waals surface area contributed by atoms with Crippen LogP contribution in [0.15, 0.2) is 28.7 Å². The van der Waals surface area contributed by atoms with Crippen molar-refractivity contribution in [2.75, 3.05) is 52.5 Å². The van der Waals surface area contributed by atoms with Crippen molar-refractivity contribution in [2.45, 2.75) is 32.4 Å². The second-order valence-electron chi connectivity index (χ2n) is 7.98. The van der Waals surface area contributed by atoms with Crippen LogP contribution in [0.3, 0.4) is 0 Å². The lowest BCUT2D eigenvalue weighted by Gasteiger charge is -2.37. The molecule has 2 atom stereocenters. The Kier molecular flexibility index (Phi) is 8.14. The molecule has 0 spiro atoms. The number of rotatable bonds is 6. The third kappa shape index (κ3) is 6.17. The Bertz CT molecular complexity index is 637. The van der Waals surface area contributed by atoms with Gasteiger partial charge in [-0.25, -0.2) is 4.79 Å². The van der Waals surface area contributed by atoms with Crippen LogP contribution in [0, 0.1) is 5.92 Å². The van der Waals surface area contributed by atoms with Crippen LogP contribution in [0.1, 0.15) is 31.9 Å². The van der Waals surface area contributed by atoms with Gasteiger partial charge in [0, 0.05) is 36.7 Å². The number of morpholine rings is 2. The third-order valence-electron chi connectivity index (χ3n) is 5.37. The van der Waals surface area contributed by atoms with E-state index in [1.165, 1.54) is 0 Å². The number of benzene rings is 1. The fourth-order valence-corrected chi connectivity index (χ4v) is 4.32. The van der Waals surface area contributed by atoms with Crippen LogP contribution in [0.25, 0.3) is 0 Å². The maximum atomic E-state index is 12.8. The summed E-state index contributed by atoms with van der Waals surface area (Å²) in [7, 11) is 0. The second kappa shape index (κ2) is 10.6. The molecule has 2 aliphatic rings. The average Bonchev–Trinajstić information content (AvgIpc) is 2.71. The predicted octanol–water partition coefficient (Wildman–Crippen LogP) is 3.28. The van der Waals surface area contributed by atoms with Crippen molar-refractivity contribution >= 4 is 22.0 Å². The van der Waals surface area contributed by atoms with E-state index in [4.69, 9.17) is 9.47 Å². The number of hydrogen-bond acceptors (Lipinski definition) is 4. The number of amides is 2. The van der Waals surface area contributed by atoms with Gasteiger partial charge in [-0.15, -0.1) is 0 Å². The van der Waals surface area contributed by atoms with Crippen LogP contribution in [0.4, 0.5) is 4.79 Å². The van der Waals surface area contributed by atoms with Gasteiger partial charge in [0.2, 0.25) is 0 Å². The van der Waals surface area contributed by atoms with Crippen LogP contribution in [-0.4, -0.2) is 74.4 Å². The topological polar surface area (TPSA) is 54.0 Å². The first kappa shape index (κ1) is 21.6. The van der Waals surface area contributed by atoms with E-state index in [9.17, 15) is 4.79 Å². The van der Waals surface area contributed by atoms with Gasteiger partial charge in [-0.2, -0.15) is 0 Å². The van der Waals surface area contributed by atoms with Gasteiger partial charge < -0.3 is 19.7 Å². The van der Waals surface area contributed by atoms with E-state index in [2.05, 4.69) is 46.1 Å². The molecule has 0 bridgehead atoms. The lowest BCUT2D eigenvalue weighted by atomic mass is 10.0. The molecule has 2 heterocycles. The smallest absolute Gasteiger partial charge is 0.317 e. The Morgan fingerprint density at radius 3 is 2.75 bits per heavy atom. The van der Waals surface area contributed by atoms with E-state index in [1.54, 1.807) is 0 Å². The monoisotopic (exact) mass is 453 g/mol. The highest BCUT2D eigenvalue weighted by molar-refractivity contribution is 9.10. The molecule has 0 radical (unpaired) electrons. The van der Waals surface area contributed by atoms with Gasteiger partial charge in [0.15, 0.2) is 0 Å². The number of urea groups is 1. The SMILES string of the molecule is CC(C)CC(CNC(=O)N1CCOC(c2cccc(Br)c2)C1)N1CCOCC1. The molecule has 2 unspecified atom stereocenters. The summed E-state index contributed by atoms with van der Waals surface area (Å²) in [6, 6.07) is 8.47. The van der Waals surface area contributed by atoms with Crippen LogP contribution >= 0.6 is 15.9 Å². The fourth-order valence-electron chi connectivity index (χ4n) is 3.91. The third-order valence-corrected chi connectivity index (χ3v) is 5.86. The summed E-state index contributed by atoms with van der Waals surface area (Å²) in [5.74, 6) is 0.592. The number of carbonyl (C=O) groups is 1. The largest absolute Gasteiger partial charge is 0.379 e. The molecule has 2 aliphatic heterocycles. The summed E-state index contributed by atoms with van der Waals surface area (Å²) in [5.41, 5.74) is 1.10. The number of ether oxygens (including phenoxy) is 2. The Hall–Kier alpha value is -1.15. The molecule has 2 amide bonds. The maximum absolute atomic E-state index is 12.8. The van der Waals surface area contributed by atoms with Gasteiger partial charge in [-0.1, -0.05) is 41.9 Å². The average molecular weight is 454 g/mol. The molecule has 2 fully saturated rings. The van der Waals surface area contributed by atoms with Gasteiger partial charge >= 0.3 is 6.03 Å². The molecule has 0 aliphatic carbocycles. The molecule has 6 nitrogen and oxygen atoms in total. The van der Waals surface area contributed by atoms with Crippen molar-refractivity contribution in [3.8, 4) is 0 Å². The van der Waals surface area contributed by atoms with Crippen molar-refractivity contribution in [1.82, 2.24) is 15.1 Å². The highest BCUT2D eigenvalue weighted by Crippen LogP contribution is 2.24. The first-order valence-electron chi connectivity index (χ1n) is 10.2. The minimum Gasteiger partial charge on any atom is -0.379 e. The zero-order valence-electron chi connectivity index (χ0n) is 16.9. The number of nitrogens with zero attached hydrogens (tertiary/aromatic N) is 2. The van der Waals surface area contributed by atoms with E-state index in [0.717, 1.165) is 42.8 Å². The van der Waals surface area contributed by atoms with Gasteiger partial charge in [0.25, 0.3) is 0 Å². The van der Waals surface area contributed by atoms with Crippen LogP contribution < -0.4 is 5.32 Å². The standard InChI is InChI=1S/C21H32BrN3O3/c1-16(2)12-19(24-6-9-27-10-7-24)14-23-21(26)25-8-11-28-20(15-25)17-4-3-5-18(22)13-17/h3-5,13,16,19-20H,6-12,14-15H2,1-2H3,(H,23,26). The van der Waals surface area contributed by atoms with Crippen LogP contribution in [0.5, 0.6) is 0 Å². The molecule has 0 aromatic heterocycles. The van der Waals surface area contributed by atoms with Crippen molar-refractivity contribution < 1.29 is 14.3 Å². The van der Waals surface area contributed by atoms with E-state index in [1.807, 2.05) is 23.1 Å². The zero-order chi connectivity index (χ0) is 19.9. The first-order valence-corrected chi connectivity index (χ1v) is 11.0. The van der Waals surface area contributed by atoms with Gasteiger partial charge in [0.1, 0.15) is 6.10 Å². The Morgan fingerprint density at radius 2 is 2.04 bits per heavy atom. The van der Waals surface area contributed by atoms with E-state index in [0.29, 0.717) is 38.2 Å². The normalized spacial score (nSPS) is 22.3. The number of hydrogen-bond donors (Lipinski definition) is 1. The molecule has 2 saturated heterocycles. The molecule has 1 aromatic rings. The van der Waals surface area contributed by atoms with Crippen molar-refractivity contribution in [2.24, 2.45) is 5.92 Å². The number of carbonyl (C=O) groups excluding carboxylic acids is 1. The molecule has 0 saturated carbocycles. The lowest BCUT2D eigenvalue weighted by Crippen LogP contribution is -2.53. The molecule has 156 valence electrons. The Balaban J connectivity index is 1.55.